The summed E-state index contributed by atoms with van der Waals surface area (Å²) in [5.41, 5.74) is 3.06. The molecule has 5 heteroatoms. The molecule has 0 aliphatic carbocycles. The van der Waals surface area contributed by atoms with Gasteiger partial charge in [0.15, 0.2) is 0 Å². The number of carbonyl (C=O) groups excluding carboxylic acids is 3. The van der Waals surface area contributed by atoms with Gasteiger partial charge in [-0.25, -0.2) is 0 Å². The molecule has 0 aromatic heterocycles. The quantitative estimate of drug-likeness (QED) is 0.830. The minimum Gasteiger partial charge on any atom is -0.350 e. The van der Waals surface area contributed by atoms with Gasteiger partial charge in [0, 0.05) is 13.0 Å². The Morgan fingerprint density at radius 3 is 2.41 bits per heavy atom. The number of benzene rings is 2. The summed E-state index contributed by atoms with van der Waals surface area (Å²) in [5, 5.41) is 2.80. The van der Waals surface area contributed by atoms with Crippen LogP contribution in [0.25, 0.3) is 0 Å². The second-order valence-electron chi connectivity index (χ2n) is 7.36. The molecule has 2 aromatic rings. The van der Waals surface area contributed by atoms with Gasteiger partial charge < -0.3 is 5.32 Å². The summed E-state index contributed by atoms with van der Waals surface area (Å²) in [5.74, 6) is -0.968. The standard InChI is InChI=1S/C22H24N2O3/c1-15-8-10-18(11-9-15)22(3)12-20(26)24(21(22)27)14-19(25)23-13-17-7-5-4-6-16(17)2/h4-11H,12-14H2,1-3H3,(H,23,25). The number of likely N-dealkylation sites (tertiary alicyclic amines) is 1. The summed E-state index contributed by atoms with van der Waals surface area (Å²) >= 11 is 0. The van der Waals surface area contributed by atoms with Gasteiger partial charge in [0.25, 0.3) is 0 Å². The molecule has 0 bridgehead atoms. The molecule has 2 aromatic carbocycles. The molecule has 3 rings (SSSR count). The number of hydrogen-bond acceptors (Lipinski definition) is 3. The van der Waals surface area contributed by atoms with Gasteiger partial charge in [-0.05, 0) is 37.5 Å². The van der Waals surface area contributed by atoms with Crippen LogP contribution in [0.4, 0.5) is 0 Å². The number of amides is 3. The van der Waals surface area contributed by atoms with Gasteiger partial charge in [-0.1, -0.05) is 54.1 Å². The molecular formula is C22H24N2O3. The molecule has 3 amide bonds. The molecule has 1 N–H and O–H groups in total. The highest BCUT2D eigenvalue weighted by molar-refractivity contribution is 6.10. The minimum atomic E-state index is -0.916. The number of aryl methyl sites for hydroxylation is 2. The normalized spacial score (nSPS) is 19.4. The van der Waals surface area contributed by atoms with Crippen molar-refractivity contribution < 1.29 is 14.4 Å². The summed E-state index contributed by atoms with van der Waals surface area (Å²) < 4.78 is 0. The lowest BCUT2D eigenvalue weighted by Gasteiger charge is -2.22. The van der Waals surface area contributed by atoms with E-state index in [9.17, 15) is 14.4 Å². The topological polar surface area (TPSA) is 66.5 Å². The van der Waals surface area contributed by atoms with E-state index in [4.69, 9.17) is 0 Å². The third-order valence-electron chi connectivity index (χ3n) is 5.25. The fourth-order valence-electron chi connectivity index (χ4n) is 3.39. The fourth-order valence-corrected chi connectivity index (χ4v) is 3.39. The average molecular weight is 364 g/mol. The number of rotatable bonds is 5. The Morgan fingerprint density at radius 1 is 1.07 bits per heavy atom. The highest BCUT2D eigenvalue weighted by Crippen LogP contribution is 2.36. The molecule has 1 heterocycles. The third-order valence-corrected chi connectivity index (χ3v) is 5.25. The van der Waals surface area contributed by atoms with E-state index in [0.717, 1.165) is 27.2 Å². The summed E-state index contributed by atoms with van der Waals surface area (Å²) in [7, 11) is 0. The van der Waals surface area contributed by atoms with Crippen molar-refractivity contribution in [1.82, 2.24) is 10.2 Å². The van der Waals surface area contributed by atoms with Crippen LogP contribution in [0.1, 0.15) is 35.6 Å². The first kappa shape index (κ1) is 18.8. The van der Waals surface area contributed by atoms with E-state index in [1.165, 1.54) is 0 Å². The Hall–Kier alpha value is -2.95. The number of nitrogens with one attached hydrogen (secondary N) is 1. The lowest BCUT2D eigenvalue weighted by Crippen LogP contribution is -2.42. The fraction of sp³-hybridized carbons (Fsp3) is 0.318. The number of imide groups is 1. The van der Waals surface area contributed by atoms with E-state index in [2.05, 4.69) is 5.32 Å². The molecule has 1 unspecified atom stereocenters. The second kappa shape index (κ2) is 7.35. The highest BCUT2D eigenvalue weighted by atomic mass is 16.2. The van der Waals surface area contributed by atoms with Crippen molar-refractivity contribution in [1.29, 1.82) is 0 Å². The highest BCUT2D eigenvalue weighted by Gasteiger charge is 2.49. The van der Waals surface area contributed by atoms with E-state index in [1.807, 2.05) is 62.4 Å². The van der Waals surface area contributed by atoms with Crippen LogP contribution in [-0.2, 0) is 26.3 Å². The molecule has 5 nitrogen and oxygen atoms in total. The minimum absolute atomic E-state index is 0.0833. The second-order valence-corrected chi connectivity index (χ2v) is 7.36. The van der Waals surface area contributed by atoms with E-state index >= 15 is 0 Å². The van der Waals surface area contributed by atoms with Crippen LogP contribution >= 0.6 is 0 Å². The van der Waals surface area contributed by atoms with Gasteiger partial charge in [0.05, 0.1) is 5.41 Å². The first-order chi connectivity index (χ1) is 12.8. The average Bonchev–Trinajstić information content (AvgIpc) is 2.85. The SMILES string of the molecule is Cc1ccc(C2(C)CC(=O)N(CC(=O)NCc3ccccc3C)C2=O)cc1. The Labute approximate surface area is 159 Å². The Balaban J connectivity index is 1.67. The molecular weight excluding hydrogens is 340 g/mol. The van der Waals surface area contributed by atoms with E-state index in [0.29, 0.717) is 6.54 Å². The van der Waals surface area contributed by atoms with Gasteiger partial charge in [-0.15, -0.1) is 0 Å². The van der Waals surface area contributed by atoms with Crippen molar-refractivity contribution in [3.8, 4) is 0 Å². The summed E-state index contributed by atoms with van der Waals surface area (Å²) in [6.45, 7) is 5.84. The van der Waals surface area contributed by atoms with Crippen LogP contribution in [0, 0.1) is 13.8 Å². The third kappa shape index (κ3) is 3.77. The monoisotopic (exact) mass is 364 g/mol. The van der Waals surface area contributed by atoms with Crippen molar-refractivity contribution in [2.75, 3.05) is 6.54 Å². The van der Waals surface area contributed by atoms with Gasteiger partial charge >= 0.3 is 0 Å². The maximum atomic E-state index is 12.9. The first-order valence-corrected chi connectivity index (χ1v) is 9.04. The van der Waals surface area contributed by atoms with Gasteiger partial charge in [-0.2, -0.15) is 0 Å². The predicted molar refractivity (Wildman–Crippen MR) is 103 cm³/mol. The molecule has 1 aliphatic heterocycles. The van der Waals surface area contributed by atoms with Crippen LogP contribution in [-0.4, -0.2) is 29.2 Å². The van der Waals surface area contributed by atoms with Crippen LogP contribution in [0.15, 0.2) is 48.5 Å². The summed E-state index contributed by atoms with van der Waals surface area (Å²) in [4.78, 5) is 38.7. The molecule has 1 aliphatic rings. The molecule has 27 heavy (non-hydrogen) atoms. The van der Waals surface area contributed by atoms with E-state index in [-0.39, 0.29) is 30.7 Å². The zero-order valence-electron chi connectivity index (χ0n) is 15.9. The Kier molecular flexibility index (Phi) is 5.13. The largest absolute Gasteiger partial charge is 0.350 e. The maximum Gasteiger partial charge on any atom is 0.240 e. The van der Waals surface area contributed by atoms with Gasteiger partial charge in [0.2, 0.25) is 17.7 Å². The van der Waals surface area contributed by atoms with Gasteiger partial charge in [-0.3, -0.25) is 19.3 Å². The molecule has 1 atom stereocenters. The number of nitrogens with zero attached hydrogens (tertiary/aromatic N) is 1. The number of hydrogen-bond donors (Lipinski definition) is 1. The molecule has 1 fully saturated rings. The van der Waals surface area contributed by atoms with E-state index < -0.39 is 5.41 Å². The van der Waals surface area contributed by atoms with Gasteiger partial charge in [0.1, 0.15) is 6.54 Å². The number of carbonyl (C=O) groups is 3. The molecule has 1 saturated heterocycles. The first-order valence-electron chi connectivity index (χ1n) is 9.04. The van der Waals surface area contributed by atoms with Crippen LogP contribution in [0.5, 0.6) is 0 Å². The zero-order chi connectivity index (χ0) is 19.6. The molecule has 0 radical (unpaired) electrons. The van der Waals surface area contributed by atoms with Crippen molar-refractivity contribution in [3.05, 3.63) is 70.8 Å². The lowest BCUT2D eigenvalue weighted by molar-refractivity contribution is -0.143. The lowest BCUT2D eigenvalue weighted by atomic mass is 9.81. The van der Waals surface area contributed by atoms with E-state index in [1.54, 1.807) is 6.92 Å². The Morgan fingerprint density at radius 2 is 1.74 bits per heavy atom. The van der Waals surface area contributed by atoms with Crippen molar-refractivity contribution in [2.45, 2.75) is 39.2 Å². The summed E-state index contributed by atoms with van der Waals surface area (Å²) in [6, 6.07) is 15.4. The van der Waals surface area contributed by atoms with Crippen molar-refractivity contribution in [3.63, 3.8) is 0 Å². The smallest absolute Gasteiger partial charge is 0.240 e. The van der Waals surface area contributed by atoms with Crippen molar-refractivity contribution in [2.24, 2.45) is 0 Å². The van der Waals surface area contributed by atoms with Crippen LogP contribution in [0.3, 0.4) is 0 Å². The molecule has 0 spiro atoms. The summed E-state index contributed by atoms with van der Waals surface area (Å²) in [6.07, 6.45) is 0.0833. The van der Waals surface area contributed by atoms with Crippen molar-refractivity contribution >= 4 is 17.7 Å². The Bertz CT molecular complexity index is 889. The zero-order valence-corrected chi connectivity index (χ0v) is 15.9. The molecule has 0 saturated carbocycles. The van der Waals surface area contributed by atoms with Crippen LogP contribution in [0.2, 0.25) is 0 Å². The predicted octanol–water partition coefficient (Wildman–Crippen LogP) is 2.64. The molecule has 140 valence electrons. The van der Waals surface area contributed by atoms with Crippen LogP contribution < -0.4 is 5.32 Å². The maximum absolute atomic E-state index is 12.9.